The normalized spacial score (nSPS) is 16.3. The van der Waals surface area contributed by atoms with Crippen LogP contribution in [0, 0.1) is 12.3 Å². The van der Waals surface area contributed by atoms with E-state index in [1.54, 1.807) is 6.26 Å². The SMILES string of the molecule is Cc1nc(-c2ccc(NC(=O)C3(CN)CCC3)cc2)co1. The second kappa shape index (κ2) is 5.33. The van der Waals surface area contributed by atoms with Gasteiger partial charge >= 0.3 is 0 Å². The molecule has 5 heteroatoms. The predicted octanol–water partition coefficient (Wildman–Crippen LogP) is 2.72. The topological polar surface area (TPSA) is 81.2 Å². The third-order valence-electron chi connectivity index (χ3n) is 4.24. The van der Waals surface area contributed by atoms with Crippen molar-refractivity contribution in [3.63, 3.8) is 0 Å². The Kier molecular flexibility index (Phi) is 3.51. The standard InChI is InChI=1S/C16H19N3O2/c1-11-18-14(9-21-11)12-3-5-13(6-4-12)19-15(20)16(10-17)7-2-8-16/h3-6,9H,2,7-8,10,17H2,1H3,(H,19,20). The molecule has 3 N–H and O–H groups in total. The second-order valence-corrected chi connectivity index (χ2v) is 5.62. The Morgan fingerprint density at radius 2 is 2.10 bits per heavy atom. The molecule has 1 aliphatic carbocycles. The van der Waals surface area contributed by atoms with E-state index in [2.05, 4.69) is 10.3 Å². The van der Waals surface area contributed by atoms with E-state index < -0.39 is 0 Å². The first kappa shape index (κ1) is 13.8. The number of hydrogen-bond acceptors (Lipinski definition) is 4. The van der Waals surface area contributed by atoms with Gasteiger partial charge in [0.1, 0.15) is 12.0 Å². The van der Waals surface area contributed by atoms with Crippen LogP contribution >= 0.6 is 0 Å². The highest BCUT2D eigenvalue weighted by molar-refractivity contribution is 5.96. The van der Waals surface area contributed by atoms with Gasteiger partial charge in [0.2, 0.25) is 5.91 Å². The highest BCUT2D eigenvalue weighted by Crippen LogP contribution is 2.40. The van der Waals surface area contributed by atoms with Gasteiger partial charge in [-0.15, -0.1) is 0 Å². The van der Waals surface area contributed by atoms with Crippen molar-refractivity contribution in [1.82, 2.24) is 4.98 Å². The van der Waals surface area contributed by atoms with Gasteiger partial charge in [0.05, 0.1) is 5.41 Å². The molecule has 0 spiro atoms. The molecule has 1 aromatic carbocycles. The van der Waals surface area contributed by atoms with Crippen molar-refractivity contribution < 1.29 is 9.21 Å². The van der Waals surface area contributed by atoms with Crippen LogP contribution in [-0.2, 0) is 4.79 Å². The zero-order chi connectivity index (χ0) is 14.9. The number of carbonyl (C=O) groups excluding carboxylic acids is 1. The molecule has 1 saturated carbocycles. The molecule has 1 amide bonds. The minimum absolute atomic E-state index is 0.0290. The van der Waals surface area contributed by atoms with Gasteiger partial charge in [0, 0.05) is 24.7 Å². The smallest absolute Gasteiger partial charge is 0.231 e. The Labute approximate surface area is 123 Å². The molecule has 0 atom stereocenters. The number of benzene rings is 1. The first-order valence-electron chi connectivity index (χ1n) is 7.17. The lowest BCUT2D eigenvalue weighted by atomic mass is 9.68. The number of nitrogens with zero attached hydrogens (tertiary/aromatic N) is 1. The van der Waals surface area contributed by atoms with Gasteiger partial charge < -0.3 is 15.5 Å². The number of nitrogens with one attached hydrogen (secondary N) is 1. The Morgan fingerprint density at radius 1 is 1.38 bits per heavy atom. The Balaban J connectivity index is 1.71. The van der Waals surface area contributed by atoms with Gasteiger partial charge in [-0.2, -0.15) is 0 Å². The molecule has 0 saturated heterocycles. The van der Waals surface area contributed by atoms with Gasteiger partial charge in [0.25, 0.3) is 0 Å². The van der Waals surface area contributed by atoms with Crippen molar-refractivity contribution in [2.75, 3.05) is 11.9 Å². The lowest BCUT2D eigenvalue weighted by Crippen LogP contribution is -2.47. The number of hydrogen-bond donors (Lipinski definition) is 2. The van der Waals surface area contributed by atoms with Gasteiger partial charge in [0.15, 0.2) is 5.89 Å². The molecular weight excluding hydrogens is 266 g/mol. The Bertz CT molecular complexity index is 636. The molecule has 1 heterocycles. The van der Waals surface area contributed by atoms with Crippen LogP contribution in [-0.4, -0.2) is 17.4 Å². The van der Waals surface area contributed by atoms with Crippen LogP contribution in [0.25, 0.3) is 11.3 Å². The van der Waals surface area contributed by atoms with Crippen LogP contribution in [0.2, 0.25) is 0 Å². The van der Waals surface area contributed by atoms with Crippen LogP contribution in [0.1, 0.15) is 25.2 Å². The molecule has 5 nitrogen and oxygen atoms in total. The summed E-state index contributed by atoms with van der Waals surface area (Å²) in [6.45, 7) is 2.22. The van der Waals surface area contributed by atoms with Crippen molar-refractivity contribution in [1.29, 1.82) is 0 Å². The maximum atomic E-state index is 12.3. The number of amides is 1. The van der Waals surface area contributed by atoms with E-state index in [-0.39, 0.29) is 11.3 Å². The van der Waals surface area contributed by atoms with Crippen molar-refractivity contribution in [3.05, 3.63) is 36.4 Å². The fourth-order valence-electron chi connectivity index (χ4n) is 2.61. The largest absolute Gasteiger partial charge is 0.449 e. The second-order valence-electron chi connectivity index (χ2n) is 5.62. The molecule has 2 aromatic rings. The average Bonchev–Trinajstić information content (AvgIpc) is 2.86. The van der Waals surface area contributed by atoms with Crippen LogP contribution in [0.5, 0.6) is 0 Å². The molecule has 1 aliphatic rings. The Morgan fingerprint density at radius 3 is 2.57 bits per heavy atom. The lowest BCUT2D eigenvalue weighted by molar-refractivity contribution is -0.129. The summed E-state index contributed by atoms with van der Waals surface area (Å²) in [7, 11) is 0. The van der Waals surface area contributed by atoms with Crippen molar-refractivity contribution in [2.45, 2.75) is 26.2 Å². The summed E-state index contributed by atoms with van der Waals surface area (Å²) < 4.78 is 5.20. The van der Waals surface area contributed by atoms with Crippen molar-refractivity contribution in [3.8, 4) is 11.3 Å². The van der Waals surface area contributed by atoms with Gasteiger partial charge in [-0.05, 0) is 25.0 Å². The number of aromatic nitrogens is 1. The van der Waals surface area contributed by atoms with Gasteiger partial charge in [-0.25, -0.2) is 4.98 Å². The maximum absolute atomic E-state index is 12.3. The minimum Gasteiger partial charge on any atom is -0.449 e. The number of aryl methyl sites for hydroxylation is 1. The fourth-order valence-corrected chi connectivity index (χ4v) is 2.61. The molecule has 21 heavy (non-hydrogen) atoms. The summed E-state index contributed by atoms with van der Waals surface area (Å²) in [6, 6.07) is 7.59. The first-order valence-corrected chi connectivity index (χ1v) is 7.17. The highest BCUT2D eigenvalue weighted by Gasteiger charge is 2.42. The summed E-state index contributed by atoms with van der Waals surface area (Å²) in [5.74, 6) is 0.665. The third kappa shape index (κ3) is 2.56. The molecule has 0 unspecified atom stereocenters. The van der Waals surface area contributed by atoms with Gasteiger partial charge in [-0.1, -0.05) is 18.6 Å². The minimum atomic E-state index is -0.359. The number of anilines is 1. The molecule has 1 aromatic heterocycles. The quantitative estimate of drug-likeness (QED) is 0.905. The van der Waals surface area contributed by atoms with E-state index in [4.69, 9.17) is 10.2 Å². The molecular formula is C16H19N3O2. The summed E-state index contributed by atoms with van der Waals surface area (Å²) in [5.41, 5.74) is 7.92. The maximum Gasteiger partial charge on any atom is 0.231 e. The van der Waals surface area contributed by atoms with E-state index >= 15 is 0 Å². The van der Waals surface area contributed by atoms with Crippen LogP contribution < -0.4 is 11.1 Å². The number of oxazole rings is 1. The summed E-state index contributed by atoms with van der Waals surface area (Å²) in [4.78, 5) is 16.6. The van der Waals surface area contributed by atoms with E-state index in [1.165, 1.54) is 0 Å². The third-order valence-corrected chi connectivity index (χ3v) is 4.24. The van der Waals surface area contributed by atoms with Crippen LogP contribution in [0.4, 0.5) is 5.69 Å². The highest BCUT2D eigenvalue weighted by atomic mass is 16.3. The van der Waals surface area contributed by atoms with Crippen LogP contribution in [0.3, 0.4) is 0 Å². The van der Waals surface area contributed by atoms with Gasteiger partial charge in [-0.3, -0.25) is 4.79 Å². The van der Waals surface area contributed by atoms with E-state index in [0.29, 0.717) is 12.4 Å². The Hall–Kier alpha value is -2.14. The molecule has 110 valence electrons. The summed E-state index contributed by atoms with van der Waals surface area (Å²) in [5, 5.41) is 2.96. The monoisotopic (exact) mass is 285 g/mol. The zero-order valence-electron chi connectivity index (χ0n) is 12.1. The predicted molar refractivity (Wildman–Crippen MR) is 80.6 cm³/mol. The average molecular weight is 285 g/mol. The molecule has 1 fully saturated rings. The first-order chi connectivity index (χ1) is 10.1. The van der Waals surface area contributed by atoms with E-state index in [1.807, 2.05) is 31.2 Å². The number of carbonyl (C=O) groups is 1. The number of rotatable bonds is 4. The summed E-state index contributed by atoms with van der Waals surface area (Å²) in [6.07, 6.45) is 4.47. The van der Waals surface area contributed by atoms with Crippen molar-refractivity contribution >= 4 is 11.6 Å². The molecule has 0 radical (unpaired) electrons. The molecule has 0 aliphatic heterocycles. The summed E-state index contributed by atoms with van der Waals surface area (Å²) >= 11 is 0. The van der Waals surface area contributed by atoms with Crippen molar-refractivity contribution in [2.24, 2.45) is 11.1 Å². The fraction of sp³-hybridized carbons (Fsp3) is 0.375. The molecule has 3 rings (SSSR count). The zero-order valence-corrected chi connectivity index (χ0v) is 12.1. The van der Waals surface area contributed by atoms with E-state index in [9.17, 15) is 4.79 Å². The van der Waals surface area contributed by atoms with E-state index in [0.717, 1.165) is 36.2 Å². The van der Waals surface area contributed by atoms with Crippen LogP contribution in [0.15, 0.2) is 34.9 Å². The number of nitrogens with two attached hydrogens (primary N) is 1. The lowest BCUT2D eigenvalue weighted by Gasteiger charge is -2.39. The molecule has 0 bridgehead atoms.